The Morgan fingerprint density at radius 3 is 2.67 bits per heavy atom. The topological polar surface area (TPSA) is 72.6 Å². The molecule has 2 aromatic heterocycles. The van der Waals surface area contributed by atoms with Crippen LogP contribution in [0.1, 0.15) is 5.56 Å². The van der Waals surface area contributed by atoms with Crippen LogP contribution >= 0.6 is 11.6 Å². The number of aromatic nitrogens is 6. The van der Waals surface area contributed by atoms with Crippen LogP contribution in [0, 0.1) is 6.92 Å². The molecule has 0 fully saturated rings. The Morgan fingerprint density at radius 2 is 1.95 bits per heavy atom. The van der Waals surface area contributed by atoms with Gasteiger partial charge in [0.05, 0.1) is 0 Å². The predicted octanol–water partition coefficient (Wildman–Crippen LogP) is 2.18. The SMILES string of the molecule is Cc1ccccc1N(C)c1nc(Cl)nc(-n2cncn2)n1. The second kappa shape index (κ2) is 5.45. The molecule has 0 saturated heterocycles. The van der Waals surface area contributed by atoms with Gasteiger partial charge in [-0.25, -0.2) is 4.98 Å². The fraction of sp³-hybridized carbons (Fsp3) is 0.154. The van der Waals surface area contributed by atoms with Crippen LogP contribution in [0.15, 0.2) is 36.9 Å². The van der Waals surface area contributed by atoms with Crippen molar-refractivity contribution in [3.63, 3.8) is 0 Å². The number of halogens is 1. The zero-order valence-electron chi connectivity index (χ0n) is 11.5. The van der Waals surface area contributed by atoms with Crippen LogP contribution in [-0.2, 0) is 0 Å². The fourth-order valence-electron chi connectivity index (χ4n) is 1.94. The molecule has 0 N–H and O–H groups in total. The van der Waals surface area contributed by atoms with Gasteiger partial charge >= 0.3 is 0 Å². The van der Waals surface area contributed by atoms with E-state index in [2.05, 4.69) is 25.0 Å². The maximum Gasteiger partial charge on any atom is 0.258 e. The Bertz CT molecular complexity index is 757. The van der Waals surface area contributed by atoms with Crippen LogP contribution in [-0.4, -0.2) is 36.8 Å². The highest BCUT2D eigenvalue weighted by Crippen LogP contribution is 2.24. The number of rotatable bonds is 3. The second-order valence-electron chi connectivity index (χ2n) is 4.39. The van der Waals surface area contributed by atoms with E-state index in [4.69, 9.17) is 11.6 Å². The highest BCUT2D eigenvalue weighted by molar-refractivity contribution is 6.28. The summed E-state index contributed by atoms with van der Waals surface area (Å²) in [5, 5.41) is 4.10. The van der Waals surface area contributed by atoms with E-state index in [0.29, 0.717) is 11.9 Å². The quantitative estimate of drug-likeness (QED) is 0.738. The molecule has 1 aromatic carbocycles. The zero-order valence-corrected chi connectivity index (χ0v) is 12.2. The monoisotopic (exact) mass is 301 g/mol. The van der Waals surface area contributed by atoms with Gasteiger partial charge in [0.2, 0.25) is 11.2 Å². The largest absolute Gasteiger partial charge is 0.313 e. The summed E-state index contributed by atoms with van der Waals surface area (Å²) in [5.74, 6) is 0.762. The zero-order chi connectivity index (χ0) is 14.8. The lowest BCUT2D eigenvalue weighted by molar-refractivity contribution is 0.789. The first-order valence-electron chi connectivity index (χ1n) is 6.21. The minimum atomic E-state index is 0.103. The van der Waals surface area contributed by atoms with Crippen molar-refractivity contribution in [2.45, 2.75) is 6.92 Å². The molecule has 0 aliphatic rings. The van der Waals surface area contributed by atoms with Crippen LogP contribution in [0.4, 0.5) is 11.6 Å². The summed E-state index contributed by atoms with van der Waals surface area (Å²) in [6.45, 7) is 2.02. The van der Waals surface area contributed by atoms with Gasteiger partial charge in [-0.2, -0.15) is 24.7 Å². The van der Waals surface area contributed by atoms with Gasteiger partial charge in [0.25, 0.3) is 5.95 Å². The standard InChI is InChI=1S/C13H12ClN7/c1-9-5-3-4-6-10(9)20(2)12-17-11(14)18-13(19-12)21-8-15-7-16-21/h3-8H,1-2H3. The number of aryl methyl sites for hydroxylation is 1. The number of nitrogens with zero attached hydrogens (tertiary/aromatic N) is 7. The Morgan fingerprint density at radius 1 is 1.14 bits per heavy atom. The van der Waals surface area contributed by atoms with E-state index >= 15 is 0 Å². The molecule has 0 atom stereocenters. The molecule has 0 aliphatic heterocycles. The molecule has 3 aromatic rings. The molecule has 0 saturated carbocycles. The van der Waals surface area contributed by atoms with Gasteiger partial charge < -0.3 is 4.90 Å². The Labute approximate surface area is 126 Å². The van der Waals surface area contributed by atoms with E-state index in [1.165, 1.54) is 17.3 Å². The summed E-state index contributed by atoms with van der Waals surface area (Å²) < 4.78 is 1.43. The van der Waals surface area contributed by atoms with Crippen LogP contribution in [0.3, 0.4) is 0 Å². The number of anilines is 2. The lowest BCUT2D eigenvalue weighted by Gasteiger charge is -2.19. The van der Waals surface area contributed by atoms with Crippen molar-refractivity contribution >= 4 is 23.2 Å². The van der Waals surface area contributed by atoms with E-state index in [1.54, 1.807) is 0 Å². The van der Waals surface area contributed by atoms with Crippen molar-refractivity contribution in [3.8, 4) is 5.95 Å². The van der Waals surface area contributed by atoms with E-state index in [-0.39, 0.29) is 5.28 Å². The third-order valence-corrected chi connectivity index (χ3v) is 3.15. The van der Waals surface area contributed by atoms with Gasteiger partial charge in [-0.05, 0) is 30.2 Å². The van der Waals surface area contributed by atoms with Gasteiger partial charge in [0.15, 0.2) is 0 Å². The molecule has 21 heavy (non-hydrogen) atoms. The summed E-state index contributed by atoms with van der Waals surface area (Å²) in [4.78, 5) is 18.3. The molecule has 0 unspecified atom stereocenters. The fourth-order valence-corrected chi connectivity index (χ4v) is 2.09. The Kier molecular flexibility index (Phi) is 3.49. The molecule has 0 bridgehead atoms. The number of para-hydroxylation sites is 1. The van der Waals surface area contributed by atoms with Crippen molar-refractivity contribution in [2.24, 2.45) is 0 Å². The van der Waals surface area contributed by atoms with Gasteiger partial charge in [-0.1, -0.05) is 18.2 Å². The number of benzene rings is 1. The van der Waals surface area contributed by atoms with Crippen molar-refractivity contribution in [1.29, 1.82) is 0 Å². The van der Waals surface area contributed by atoms with E-state index < -0.39 is 0 Å². The molecular formula is C13H12ClN7. The van der Waals surface area contributed by atoms with E-state index in [0.717, 1.165) is 11.3 Å². The second-order valence-corrected chi connectivity index (χ2v) is 4.73. The summed E-state index contributed by atoms with van der Waals surface area (Å²) in [5.41, 5.74) is 2.10. The number of hydrogen-bond acceptors (Lipinski definition) is 6. The molecule has 7 nitrogen and oxygen atoms in total. The van der Waals surface area contributed by atoms with Crippen LogP contribution < -0.4 is 4.90 Å². The molecule has 106 valence electrons. The van der Waals surface area contributed by atoms with E-state index in [9.17, 15) is 0 Å². The summed E-state index contributed by atoms with van der Waals surface area (Å²) in [7, 11) is 1.87. The average molecular weight is 302 g/mol. The molecule has 3 rings (SSSR count). The minimum absolute atomic E-state index is 0.103. The van der Waals surface area contributed by atoms with Gasteiger partial charge in [0, 0.05) is 12.7 Å². The van der Waals surface area contributed by atoms with Crippen LogP contribution in [0.2, 0.25) is 5.28 Å². The highest BCUT2D eigenvalue weighted by atomic mass is 35.5. The summed E-state index contributed by atoms with van der Waals surface area (Å²) in [6, 6.07) is 7.95. The van der Waals surface area contributed by atoms with Crippen molar-refractivity contribution in [2.75, 3.05) is 11.9 Å². The molecular weight excluding hydrogens is 290 g/mol. The van der Waals surface area contributed by atoms with Crippen molar-refractivity contribution < 1.29 is 0 Å². The molecule has 8 heteroatoms. The van der Waals surface area contributed by atoms with Crippen LogP contribution in [0.25, 0.3) is 5.95 Å². The first-order valence-corrected chi connectivity index (χ1v) is 6.59. The Balaban J connectivity index is 2.05. The average Bonchev–Trinajstić information content (AvgIpc) is 3.01. The third kappa shape index (κ3) is 2.68. The lowest BCUT2D eigenvalue weighted by atomic mass is 10.2. The van der Waals surface area contributed by atoms with Gasteiger partial charge in [0.1, 0.15) is 12.7 Å². The normalized spacial score (nSPS) is 10.6. The summed E-state index contributed by atoms with van der Waals surface area (Å²) in [6.07, 6.45) is 2.91. The first kappa shape index (κ1) is 13.4. The lowest BCUT2D eigenvalue weighted by Crippen LogP contribution is -2.16. The Hall–Kier alpha value is -2.54. The minimum Gasteiger partial charge on any atom is -0.313 e. The summed E-state index contributed by atoms with van der Waals surface area (Å²) >= 11 is 5.99. The van der Waals surface area contributed by atoms with Crippen molar-refractivity contribution in [1.82, 2.24) is 29.7 Å². The first-order chi connectivity index (χ1) is 10.1. The highest BCUT2D eigenvalue weighted by Gasteiger charge is 2.13. The third-order valence-electron chi connectivity index (χ3n) is 2.98. The smallest absolute Gasteiger partial charge is 0.258 e. The number of hydrogen-bond donors (Lipinski definition) is 0. The van der Waals surface area contributed by atoms with Crippen LogP contribution in [0.5, 0.6) is 0 Å². The van der Waals surface area contributed by atoms with Gasteiger partial charge in [-0.3, -0.25) is 0 Å². The van der Waals surface area contributed by atoms with Gasteiger partial charge in [-0.15, -0.1) is 0 Å². The maximum atomic E-state index is 5.99. The maximum absolute atomic E-state index is 5.99. The predicted molar refractivity (Wildman–Crippen MR) is 79.0 cm³/mol. The molecule has 0 aliphatic carbocycles. The molecule has 0 spiro atoms. The van der Waals surface area contributed by atoms with Crippen molar-refractivity contribution in [3.05, 3.63) is 47.8 Å². The molecule has 0 amide bonds. The molecule has 2 heterocycles. The van der Waals surface area contributed by atoms with E-state index in [1.807, 2.05) is 43.1 Å². The molecule has 0 radical (unpaired) electrons.